The van der Waals surface area contributed by atoms with E-state index in [1.807, 2.05) is 0 Å². The molecule has 0 saturated heterocycles. The normalized spacial score (nSPS) is 10.2. The standard InChI is InChI=1S/C14H14BClO4/c1-19-14-7-2-10(8-13(14)15(17)18)9-20-12-5-3-11(16)4-6-12/h2-8,17-18H,9H2,1H3. The van der Waals surface area contributed by atoms with Crippen molar-refractivity contribution in [1.82, 2.24) is 0 Å². The molecule has 0 fully saturated rings. The molecule has 2 aromatic carbocycles. The van der Waals surface area contributed by atoms with E-state index in [0.717, 1.165) is 5.56 Å². The maximum Gasteiger partial charge on any atom is 0.492 e. The lowest BCUT2D eigenvalue weighted by Gasteiger charge is -2.11. The molecule has 104 valence electrons. The molecule has 0 heterocycles. The fourth-order valence-electron chi connectivity index (χ4n) is 1.77. The number of ether oxygens (including phenoxy) is 2. The minimum absolute atomic E-state index is 0.310. The monoisotopic (exact) mass is 292 g/mol. The highest BCUT2D eigenvalue weighted by molar-refractivity contribution is 6.59. The van der Waals surface area contributed by atoms with Crippen LogP contribution in [0.4, 0.5) is 0 Å². The van der Waals surface area contributed by atoms with Crippen LogP contribution in [0.15, 0.2) is 42.5 Å². The van der Waals surface area contributed by atoms with Crippen LogP contribution in [0.5, 0.6) is 11.5 Å². The molecule has 6 heteroatoms. The predicted molar refractivity (Wildman–Crippen MR) is 78.6 cm³/mol. The van der Waals surface area contributed by atoms with Crippen LogP contribution in [0.2, 0.25) is 5.02 Å². The van der Waals surface area contributed by atoms with Crippen molar-refractivity contribution in [2.24, 2.45) is 0 Å². The van der Waals surface area contributed by atoms with Gasteiger partial charge in [-0.05, 0) is 35.9 Å². The number of hydrogen-bond acceptors (Lipinski definition) is 4. The third-order valence-corrected chi connectivity index (χ3v) is 3.04. The molecule has 0 radical (unpaired) electrons. The molecule has 0 aromatic heterocycles. The fourth-order valence-corrected chi connectivity index (χ4v) is 1.90. The topological polar surface area (TPSA) is 58.9 Å². The molecule has 0 spiro atoms. The van der Waals surface area contributed by atoms with E-state index in [1.54, 1.807) is 42.5 Å². The van der Waals surface area contributed by atoms with Crippen LogP contribution in [0.25, 0.3) is 0 Å². The van der Waals surface area contributed by atoms with Crippen LogP contribution in [0.1, 0.15) is 5.56 Å². The number of halogens is 1. The third-order valence-electron chi connectivity index (χ3n) is 2.79. The van der Waals surface area contributed by atoms with Gasteiger partial charge in [-0.15, -0.1) is 0 Å². The first kappa shape index (κ1) is 14.7. The highest BCUT2D eigenvalue weighted by Gasteiger charge is 2.17. The van der Waals surface area contributed by atoms with Gasteiger partial charge in [0.05, 0.1) is 7.11 Å². The van der Waals surface area contributed by atoms with E-state index in [9.17, 15) is 10.0 Å². The Hall–Kier alpha value is -1.69. The first-order chi connectivity index (χ1) is 9.60. The Morgan fingerprint density at radius 3 is 2.40 bits per heavy atom. The van der Waals surface area contributed by atoms with Crippen molar-refractivity contribution >= 4 is 24.2 Å². The average molecular weight is 293 g/mol. The summed E-state index contributed by atoms with van der Waals surface area (Å²) in [5.74, 6) is 1.12. The van der Waals surface area contributed by atoms with Gasteiger partial charge in [-0.1, -0.05) is 23.7 Å². The Kier molecular flexibility index (Phi) is 4.90. The Labute approximate surface area is 122 Å². The van der Waals surface area contributed by atoms with Crippen LogP contribution in [0.3, 0.4) is 0 Å². The molecule has 0 aliphatic rings. The van der Waals surface area contributed by atoms with Crippen LogP contribution in [0, 0.1) is 0 Å². The third kappa shape index (κ3) is 3.66. The highest BCUT2D eigenvalue weighted by Crippen LogP contribution is 2.17. The van der Waals surface area contributed by atoms with Crippen molar-refractivity contribution in [1.29, 1.82) is 0 Å². The van der Waals surface area contributed by atoms with Crippen molar-refractivity contribution in [2.75, 3.05) is 7.11 Å². The van der Waals surface area contributed by atoms with Gasteiger partial charge >= 0.3 is 7.12 Å². The van der Waals surface area contributed by atoms with E-state index in [4.69, 9.17) is 21.1 Å². The molecule has 2 rings (SSSR count). The van der Waals surface area contributed by atoms with Gasteiger partial charge in [0.1, 0.15) is 18.1 Å². The minimum Gasteiger partial charge on any atom is -0.497 e. The minimum atomic E-state index is -1.58. The summed E-state index contributed by atoms with van der Waals surface area (Å²) in [4.78, 5) is 0. The molecule has 0 atom stereocenters. The molecule has 0 aliphatic heterocycles. The lowest BCUT2D eigenvalue weighted by atomic mass is 9.79. The summed E-state index contributed by atoms with van der Waals surface area (Å²) in [7, 11) is -0.106. The lowest BCUT2D eigenvalue weighted by Crippen LogP contribution is -2.31. The van der Waals surface area contributed by atoms with Crippen molar-refractivity contribution < 1.29 is 19.5 Å². The first-order valence-corrected chi connectivity index (χ1v) is 6.39. The summed E-state index contributed by atoms with van der Waals surface area (Å²) in [5.41, 5.74) is 1.12. The smallest absolute Gasteiger partial charge is 0.492 e. The summed E-state index contributed by atoms with van der Waals surface area (Å²) in [5, 5.41) is 19.2. The van der Waals surface area contributed by atoms with Gasteiger partial charge in [-0.25, -0.2) is 0 Å². The van der Waals surface area contributed by atoms with Crippen molar-refractivity contribution in [3.8, 4) is 11.5 Å². The zero-order chi connectivity index (χ0) is 14.5. The first-order valence-electron chi connectivity index (χ1n) is 6.01. The Morgan fingerprint density at radius 1 is 1.10 bits per heavy atom. The molecular formula is C14H14BClO4. The van der Waals surface area contributed by atoms with Gasteiger partial charge in [0, 0.05) is 10.5 Å². The molecular weight excluding hydrogens is 278 g/mol. The summed E-state index contributed by atoms with van der Waals surface area (Å²) >= 11 is 5.79. The maximum atomic E-state index is 9.30. The Bertz CT molecular complexity index is 572. The quantitative estimate of drug-likeness (QED) is 0.822. The van der Waals surface area contributed by atoms with E-state index in [2.05, 4.69) is 0 Å². The molecule has 0 aliphatic carbocycles. The molecule has 20 heavy (non-hydrogen) atoms. The average Bonchev–Trinajstić information content (AvgIpc) is 2.46. The number of benzene rings is 2. The number of hydrogen-bond donors (Lipinski definition) is 2. The Balaban J connectivity index is 2.09. The van der Waals surface area contributed by atoms with Crippen LogP contribution < -0.4 is 14.9 Å². The molecule has 2 aromatic rings. The second-order valence-electron chi connectivity index (χ2n) is 4.19. The summed E-state index contributed by atoms with van der Waals surface area (Å²) in [6, 6.07) is 12.2. The van der Waals surface area contributed by atoms with Crippen LogP contribution in [-0.4, -0.2) is 24.3 Å². The molecule has 0 saturated carbocycles. The van der Waals surface area contributed by atoms with Gasteiger partial charge in [-0.2, -0.15) is 0 Å². The summed E-state index contributed by atoms with van der Waals surface area (Å²) in [6.45, 7) is 0.311. The van der Waals surface area contributed by atoms with E-state index >= 15 is 0 Å². The molecule has 0 bridgehead atoms. The number of rotatable bonds is 5. The van der Waals surface area contributed by atoms with E-state index in [1.165, 1.54) is 7.11 Å². The van der Waals surface area contributed by atoms with Crippen molar-refractivity contribution in [2.45, 2.75) is 6.61 Å². The molecule has 4 nitrogen and oxygen atoms in total. The highest BCUT2D eigenvalue weighted by atomic mass is 35.5. The zero-order valence-electron chi connectivity index (χ0n) is 10.9. The summed E-state index contributed by atoms with van der Waals surface area (Å²) < 4.78 is 10.7. The van der Waals surface area contributed by atoms with Gasteiger partial charge in [-0.3, -0.25) is 0 Å². The van der Waals surface area contributed by atoms with Crippen molar-refractivity contribution in [3.05, 3.63) is 53.1 Å². The van der Waals surface area contributed by atoms with Crippen LogP contribution in [-0.2, 0) is 6.61 Å². The van der Waals surface area contributed by atoms with Crippen LogP contribution >= 0.6 is 11.6 Å². The number of methoxy groups -OCH3 is 1. The second kappa shape index (κ2) is 6.66. The predicted octanol–water partition coefficient (Wildman–Crippen LogP) is 1.61. The molecule has 2 N–H and O–H groups in total. The van der Waals surface area contributed by atoms with E-state index < -0.39 is 7.12 Å². The second-order valence-corrected chi connectivity index (χ2v) is 4.63. The SMILES string of the molecule is COc1ccc(COc2ccc(Cl)cc2)cc1B(O)O. The van der Waals surface area contributed by atoms with Gasteiger partial charge in [0.2, 0.25) is 0 Å². The van der Waals surface area contributed by atoms with E-state index in [-0.39, 0.29) is 0 Å². The molecule has 0 unspecified atom stereocenters. The van der Waals surface area contributed by atoms with Gasteiger partial charge in [0.15, 0.2) is 0 Å². The largest absolute Gasteiger partial charge is 0.497 e. The van der Waals surface area contributed by atoms with E-state index in [0.29, 0.717) is 28.6 Å². The maximum absolute atomic E-state index is 9.30. The lowest BCUT2D eigenvalue weighted by molar-refractivity contribution is 0.306. The zero-order valence-corrected chi connectivity index (χ0v) is 11.7. The summed E-state index contributed by atoms with van der Waals surface area (Å²) in [6.07, 6.45) is 0. The van der Waals surface area contributed by atoms with Gasteiger partial charge < -0.3 is 19.5 Å². The van der Waals surface area contributed by atoms with Crippen molar-refractivity contribution in [3.63, 3.8) is 0 Å². The Morgan fingerprint density at radius 2 is 1.80 bits per heavy atom. The fraction of sp³-hybridized carbons (Fsp3) is 0.143. The van der Waals surface area contributed by atoms with Gasteiger partial charge in [0.25, 0.3) is 0 Å². The molecule has 0 amide bonds.